The summed E-state index contributed by atoms with van der Waals surface area (Å²) in [7, 11) is 0. The number of halogens is 1. The molecule has 1 amide bonds. The highest BCUT2D eigenvalue weighted by Gasteiger charge is 2.13. The Kier molecular flexibility index (Phi) is 6.27. The maximum Gasteiger partial charge on any atom is 0.227 e. The van der Waals surface area contributed by atoms with Crippen LogP contribution in [0.4, 0.5) is 5.69 Å². The van der Waals surface area contributed by atoms with Crippen LogP contribution in [0.5, 0.6) is 0 Å². The van der Waals surface area contributed by atoms with Gasteiger partial charge in [-0.2, -0.15) is 0 Å². The van der Waals surface area contributed by atoms with Gasteiger partial charge in [-0.3, -0.25) is 4.79 Å². The Morgan fingerprint density at radius 1 is 1.24 bits per heavy atom. The smallest absolute Gasteiger partial charge is 0.227 e. The molecule has 1 aromatic rings. The van der Waals surface area contributed by atoms with E-state index in [9.17, 15) is 4.79 Å². The van der Waals surface area contributed by atoms with Crippen LogP contribution in [0.15, 0.2) is 24.3 Å². The molecule has 94 valence electrons. The Labute approximate surface area is 112 Å². The zero-order chi connectivity index (χ0) is 12.7. The molecule has 0 atom stereocenters. The lowest BCUT2D eigenvalue weighted by Crippen LogP contribution is -2.21. The first-order chi connectivity index (χ1) is 8.21. The molecular formula is C14H20BrNO. The van der Waals surface area contributed by atoms with Crippen LogP contribution >= 0.6 is 15.9 Å². The van der Waals surface area contributed by atoms with Crippen LogP contribution in [-0.2, 0) is 11.2 Å². The molecule has 0 saturated heterocycles. The number of hydrogen-bond acceptors (Lipinski definition) is 1. The Hall–Kier alpha value is -0.830. The number of aryl methyl sites for hydroxylation is 1. The van der Waals surface area contributed by atoms with Gasteiger partial charge in [0.15, 0.2) is 0 Å². The van der Waals surface area contributed by atoms with Gasteiger partial charge in [0.05, 0.1) is 0 Å². The van der Waals surface area contributed by atoms with Crippen molar-refractivity contribution in [2.45, 2.75) is 33.1 Å². The Bertz CT molecular complexity index is 344. The number of nitrogens with one attached hydrogen (secondary N) is 1. The van der Waals surface area contributed by atoms with Crippen LogP contribution in [0.3, 0.4) is 0 Å². The summed E-state index contributed by atoms with van der Waals surface area (Å²) in [5.74, 6) is 0.250. The molecule has 2 nitrogen and oxygen atoms in total. The monoisotopic (exact) mass is 297 g/mol. The van der Waals surface area contributed by atoms with Crippen molar-refractivity contribution in [3.63, 3.8) is 0 Å². The van der Waals surface area contributed by atoms with Crippen molar-refractivity contribution in [2.75, 3.05) is 10.6 Å². The van der Waals surface area contributed by atoms with Crippen LogP contribution in [0.1, 0.15) is 32.3 Å². The van der Waals surface area contributed by atoms with Gasteiger partial charge in [-0.25, -0.2) is 0 Å². The number of anilines is 1. The van der Waals surface area contributed by atoms with Gasteiger partial charge in [0.25, 0.3) is 0 Å². The lowest BCUT2D eigenvalue weighted by molar-refractivity contribution is -0.120. The molecule has 0 unspecified atom stereocenters. The quantitative estimate of drug-likeness (QED) is 0.790. The minimum atomic E-state index is 0.122. The lowest BCUT2D eigenvalue weighted by Gasteiger charge is -2.12. The Balaban J connectivity index is 2.59. The average molecular weight is 298 g/mol. The van der Waals surface area contributed by atoms with Gasteiger partial charge >= 0.3 is 0 Å². The van der Waals surface area contributed by atoms with E-state index in [1.807, 2.05) is 26.0 Å². The molecule has 0 fully saturated rings. The second kappa shape index (κ2) is 7.49. The molecule has 3 heteroatoms. The fourth-order valence-corrected chi connectivity index (χ4v) is 2.23. The molecule has 1 aromatic carbocycles. The van der Waals surface area contributed by atoms with Gasteiger partial charge in [-0.1, -0.05) is 41.9 Å². The van der Waals surface area contributed by atoms with Crippen molar-refractivity contribution in [1.82, 2.24) is 0 Å². The standard InChI is InChI=1S/C14H20BrNO/c1-3-12(4-2)14(17)16-13-7-5-11(6-8-13)9-10-15/h5-8,12H,3-4,9-10H2,1-2H3,(H,16,17). The summed E-state index contributed by atoms with van der Waals surface area (Å²) in [4.78, 5) is 11.9. The summed E-state index contributed by atoms with van der Waals surface area (Å²) in [6.45, 7) is 4.10. The Morgan fingerprint density at radius 3 is 2.29 bits per heavy atom. The molecule has 0 aliphatic carbocycles. The van der Waals surface area contributed by atoms with Gasteiger partial charge in [-0.15, -0.1) is 0 Å². The van der Waals surface area contributed by atoms with E-state index in [1.54, 1.807) is 0 Å². The van der Waals surface area contributed by atoms with Crippen molar-refractivity contribution in [3.8, 4) is 0 Å². The van der Waals surface area contributed by atoms with Gasteiger partial charge in [0.2, 0.25) is 5.91 Å². The Morgan fingerprint density at radius 2 is 1.82 bits per heavy atom. The topological polar surface area (TPSA) is 29.1 Å². The summed E-state index contributed by atoms with van der Waals surface area (Å²) in [6, 6.07) is 8.06. The summed E-state index contributed by atoms with van der Waals surface area (Å²) in [5.41, 5.74) is 2.17. The van der Waals surface area contributed by atoms with E-state index >= 15 is 0 Å². The molecule has 1 N–H and O–H groups in total. The van der Waals surface area contributed by atoms with Gasteiger partial charge in [0.1, 0.15) is 0 Å². The van der Waals surface area contributed by atoms with E-state index in [0.29, 0.717) is 0 Å². The molecule has 1 rings (SSSR count). The predicted octanol–water partition coefficient (Wildman–Crippen LogP) is 4.00. The molecule has 0 bridgehead atoms. The van der Waals surface area contributed by atoms with Crippen molar-refractivity contribution in [3.05, 3.63) is 29.8 Å². The van der Waals surface area contributed by atoms with Crippen molar-refractivity contribution in [1.29, 1.82) is 0 Å². The molecule has 0 aromatic heterocycles. The summed E-state index contributed by atoms with van der Waals surface area (Å²) in [5, 5.41) is 3.93. The molecular weight excluding hydrogens is 278 g/mol. The highest BCUT2D eigenvalue weighted by molar-refractivity contribution is 9.09. The number of rotatable bonds is 6. The first-order valence-electron chi connectivity index (χ1n) is 6.17. The number of carbonyl (C=O) groups excluding carboxylic acids is 1. The molecule has 0 aliphatic heterocycles. The van der Waals surface area contributed by atoms with Crippen molar-refractivity contribution in [2.24, 2.45) is 5.92 Å². The van der Waals surface area contributed by atoms with E-state index in [0.717, 1.165) is 30.3 Å². The number of hydrogen-bond donors (Lipinski definition) is 1. The summed E-state index contributed by atoms with van der Waals surface area (Å²) < 4.78 is 0. The van der Waals surface area contributed by atoms with E-state index in [2.05, 4.69) is 33.4 Å². The lowest BCUT2D eigenvalue weighted by atomic mass is 10.0. The van der Waals surface area contributed by atoms with Crippen LogP contribution in [0.2, 0.25) is 0 Å². The average Bonchev–Trinajstić information content (AvgIpc) is 2.33. The van der Waals surface area contributed by atoms with Crippen LogP contribution in [0, 0.1) is 5.92 Å². The highest BCUT2D eigenvalue weighted by Crippen LogP contribution is 2.14. The summed E-state index contributed by atoms with van der Waals surface area (Å²) in [6.07, 6.45) is 2.80. The van der Waals surface area contributed by atoms with Crippen molar-refractivity contribution >= 4 is 27.5 Å². The van der Waals surface area contributed by atoms with Crippen molar-refractivity contribution < 1.29 is 4.79 Å². The van der Waals surface area contributed by atoms with Gasteiger partial charge < -0.3 is 5.32 Å². The first-order valence-corrected chi connectivity index (χ1v) is 7.29. The third kappa shape index (κ3) is 4.50. The number of benzene rings is 1. The zero-order valence-corrected chi connectivity index (χ0v) is 12.1. The van der Waals surface area contributed by atoms with E-state index in [4.69, 9.17) is 0 Å². The molecule has 0 aliphatic rings. The largest absolute Gasteiger partial charge is 0.326 e. The fourth-order valence-electron chi connectivity index (χ4n) is 1.77. The maximum absolute atomic E-state index is 11.9. The molecule has 0 saturated carbocycles. The third-order valence-electron chi connectivity index (χ3n) is 2.96. The normalized spacial score (nSPS) is 10.6. The SMILES string of the molecule is CCC(CC)C(=O)Nc1ccc(CCBr)cc1. The molecule has 0 heterocycles. The molecule has 0 radical (unpaired) electrons. The maximum atomic E-state index is 11.9. The second-order valence-electron chi connectivity index (χ2n) is 4.14. The van der Waals surface area contributed by atoms with Crippen LogP contribution in [-0.4, -0.2) is 11.2 Å². The minimum absolute atomic E-state index is 0.122. The molecule has 17 heavy (non-hydrogen) atoms. The number of amides is 1. The number of carbonyl (C=O) groups is 1. The number of alkyl halides is 1. The first kappa shape index (κ1) is 14.2. The van der Waals surface area contributed by atoms with E-state index in [-0.39, 0.29) is 11.8 Å². The van der Waals surface area contributed by atoms with Gasteiger partial charge in [0, 0.05) is 16.9 Å². The zero-order valence-electron chi connectivity index (χ0n) is 10.5. The highest BCUT2D eigenvalue weighted by atomic mass is 79.9. The van der Waals surface area contributed by atoms with E-state index in [1.165, 1.54) is 5.56 Å². The summed E-state index contributed by atoms with van der Waals surface area (Å²) >= 11 is 3.41. The van der Waals surface area contributed by atoms with Crippen LogP contribution < -0.4 is 5.32 Å². The predicted molar refractivity (Wildman–Crippen MR) is 76.6 cm³/mol. The fraction of sp³-hybridized carbons (Fsp3) is 0.500. The van der Waals surface area contributed by atoms with Crippen LogP contribution in [0.25, 0.3) is 0 Å². The molecule has 0 spiro atoms. The minimum Gasteiger partial charge on any atom is -0.326 e. The second-order valence-corrected chi connectivity index (χ2v) is 4.93. The van der Waals surface area contributed by atoms with Gasteiger partial charge in [-0.05, 0) is 37.0 Å². The third-order valence-corrected chi connectivity index (χ3v) is 3.36. The van der Waals surface area contributed by atoms with E-state index < -0.39 is 0 Å².